The molecule has 0 saturated heterocycles. The normalized spacial score (nSPS) is 12.7. The summed E-state index contributed by atoms with van der Waals surface area (Å²) in [5.41, 5.74) is 1.26. The molecule has 0 aromatic heterocycles. The van der Waals surface area contributed by atoms with E-state index >= 15 is 0 Å². The van der Waals surface area contributed by atoms with Gasteiger partial charge in [-0.2, -0.15) is 63.2 Å². The van der Waals surface area contributed by atoms with Gasteiger partial charge in [-0.15, -0.1) is 0 Å². The molecule has 0 spiro atoms. The van der Waals surface area contributed by atoms with Crippen LogP contribution in [0.3, 0.4) is 0 Å². The number of halogens is 12. The number of alkyl halides is 12. The lowest BCUT2D eigenvalue weighted by atomic mass is 9.97. The highest BCUT2D eigenvalue weighted by Gasteiger charge is 2.38. The Hall–Kier alpha value is -7.58. The van der Waals surface area contributed by atoms with Crippen molar-refractivity contribution in [2.75, 3.05) is 0 Å². The van der Waals surface area contributed by atoms with Crippen LogP contribution in [0, 0.1) is 50.4 Å². The van der Waals surface area contributed by atoms with Crippen molar-refractivity contribution in [2.45, 2.75) is 52.4 Å². The molecule has 0 aliphatic rings. The van der Waals surface area contributed by atoms with Crippen LogP contribution < -0.4 is 0 Å². The molecule has 6 rings (SSSR count). The highest BCUT2D eigenvalue weighted by Crippen LogP contribution is 2.40. The predicted molar refractivity (Wildman–Crippen MR) is 242 cm³/mol. The molecule has 348 valence electrons. The van der Waals surface area contributed by atoms with Crippen LogP contribution in [0.4, 0.5) is 52.7 Å². The fourth-order valence-electron chi connectivity index (χ4n) is 6.92. The number of hydrogen-bond donors (Lipinski definition) is 0. The predicted octanol–water partition coefficient (Wildman–Crippen LogP) is 17.2. The lowest BCUT2D eigenvalue weighted by molar-refractivity contribution is -0.144. The Labute approximate surface area is 384 Å². The van der Waals surface area contributed by atoms with Crippen LogP contribution in [0.2, 0.25) is 0 Å². The minimum Gasteiger partial charge on any atom is -0.192 e. The van der Waals surface area contributed by atoms with Crippen molar-refractivity contribution in [1.82, 2.24) is 0 Å². The molecule has 14 heteroatoms. The van der Waals surface area contributed by atoms with Crippen LogP contribution >= 0.6 is 0 Å². The van der Waals surface area contributed by atoms with Crippen molar-refractivity contribution in [3.8, 4) is 12.1 Å². The molecule has 0 heterocycles. The Kier molecular flexibility index (Phi) is 15.8. The van der Waals surface area contributed by atoms with Gasteiger partial charge >= 0.3 is 24.7 Å². The Morgan fingerprint density at radius 2 is 0.574 bits per heavy atom. The molecule has 0 aliphatic carbocycles. The van der Waals surface area contributed by atoms with Crippen LogP contribution in [0.15, 0.2) is 121 Å². The van der Waals surface area contributed by atoms with E-state index in [0.29, 0.717) is 24.3 Å². The fraction of sp³-hybridized carbons (Fsp3) is 0.148. The molecular formula is C54H38F12N2. The van der Waals surface area contributed by atoms with Crippen molar-refractivity contribution >= 4 is 47.6 Å². The van der Waals surface area contributed by atoms with Gasteiger partial charge in [0, 0.05) is 0 Å². The number of nitrogens with zero attached hydrogens (tertiary/aromatic N) is 2. The molecule has 0 unspecified atom stereocenters. The first-order valence-electron chi connectivity index (χ1n) is 20.3. The van der Waals surface area contributed by atoms with E-state index < -0.39 is 69.2 Å². The highest BCUT2D eigenvalue weighted by molar-refractivity contribution is 5.92. The maximum Gasteiger partial charge on any atom is 0.416 e. The van der Waals surface area contributed by atoms with Gasteiger partial charge in [-0.25, -0.2) is 0 Å². The fourth-order valence-corrected chi connectivity index (χ4v) is 6.92. The monoisotopic (exact) mass is 942 g/mol. The molecule has 0 radical (unpaired) electrons. The maximum absolute atomic E-state index is 13.2. The Balaban J connectivity index is 0.000000283. The smallest absolute Gasteiger partial charge is 0.192 e. The molecule has 6 aromatic rings. The molecule has 0 fully saturated rings. The van der Waals surface area contributed by atoms with E-state index in [1.54, 1.807) is 0 Å². The van der Waals surface area contributed by atoms with Gasteiger partial charge in [0.15, 0.2) is 0 Å². The highest BCUT2D eigenvalue weighted by atomic mass is 19.4. The Morgan fingerprint density at radius 1 is 0.338 bits per heavy atom. The summed E-state index contributed by atoms with van der Waals surface area (Å²) >= 11 is 0. The van der Waals surface area contributed by atoms with E-state index in [2.05, 4.69) is 113 Å². The first kappa shape index (κ1) is 51.4. The number of nitriles is 2. The van der Waals surface area contributed by atoms with E-state index in [0.717, 1.165) is 12.2 Å². The van der Waals surface area contributed by atoms with Crippen molar-refractivity contribution in [3.05, 3.63) is 210 Å². The van der Waals surface area contributed by atoms with Gasteiger partial charge in [0.05, 0.1) is 45.5 Å². The first-order chi connectivity index (χ1) is 31.7. The zero-order chi connectivity index (χ0) is 50.2. The summed E-state index contributed by atoms with van der Waals surface area (Å²) in [6.45, 7) is 8.56. The lowest BCUT2D eigenvalue weighted by Gasteiger charge is -2.14. The summed E-state index contributed by atoms with van der Waals surface area (Å²) in [4.78, 5) is 0. The summed E-state index contributed by atoms with van der Waals surface area (Å²) < 4.78 is 158. The molecule has 0 aliphatic heterocycles. The molecule has 0 amide bonds. The zero-order valence-corrected chi connectivity index (χ0v) is 36.4. The van der Waals surface area contributed by atoms with E-state index in [-0.39, 0.29) is 23.3 Å². The summed E-state index contributed by atoms with van der Waals surface area (Å²) in [6.07, 6.45) is -9.95. The van der Waals surface area contributed by atoms with E-state index in [9.17, 15) is 63.2 Å². The first-order valence-corrected chi connectivity index (χ1v) is 20.3. The third-order valence-corrected chi connectivity index (χ3v) is 9.96. The van der Waals surface area contributed by atoms with Crippen molar-refractivity contribution in [3.63, 3.8) is 0 Å². The van der Waals surface area contributed by atoms with Crippen LogP contribution in [0.1, 0.15) is 89.0 Å². The minimum atomic E-state index is -5.15. The largest absolute Gasteiger partial charge is 0.416 e. The molecular weight excluding hydrogens is 905 g/mol. The molecule has 0 saturated carbocycles. The van der Waals surface area contributed by atoms with E-state index in [1.807, 2.05) is 0 Å². The van der Waals surface area contributed by atoms with Crippen LogP contribution in [-0.4, -0.2) is 0 Å². The van der Waals surface area contributed by atoms with Gasteiger partial charge in [0.25, 0.3) is 0 Å². The van der Waals surface area contributed by atoms with E-state index in [4.69, 9.17) is 0 Å². The summed E-state index contributed by atoms with van der Waals surface area (Å²) in [5, 5.41) is 18.9. The quantitative estimate of drug-likeness (QED) is 0.0867. The number of allylic oxidation sites excluding steroid dienone is 2. The standard InChI is InChI=1S/C28H12F12N2.C26H26/c29-25(30,31)21-7-17(8-22(11-21)26(32,33)34)19(13-41)5-15-1-2-16(4-3-15)6-20(14-42)18-9-23(27(35,36)37)12-24(10-18)28(38,39)40;1-19-13-20(2)16-25(15-19)11-9-23-5-7-24(8-6-23)10-12-26-17-21(3)14-22(4)18-26/h1-12H;5-18H,1-4H3/b19-5+,20-6+;11-9+,12-10+. The SMILES string of the molecule is Cc1cc(C)cc(/C=C/c2ccc(/C=C/c3cc(C)cc(C)c3)cc2)c1.N#C/C(=C\c1ccc(/C=C(\C#N)c2cc(C(F)(F)F)cc(C(F)(F)F)c2)cc1)c1cc(C(F)(F)F)cc(C(F)(F)F)c1. The van der Waals surface area contributed by atoms with Crippen molar-refractivity contribution in [2.24, 2.45) is 0 Å². The van der Waals surface area contributed by atoms with Crippen LogP contribution in [-0.2, 0) is 24.7 Å². The molecule has 0 N–H and O–H groups in total. The van der Waals surface area contributed by atoms with Gasteiger partial charge < -0.3 is 0 Å². The average molecular weight is 943 g/mol. The van der Waals surface area contributed by atoms with Gasteiger partial charge in [-0.05, 0) is 121 Å². The second kappa shape index (κ2) is 20.9. The summed E-state index contributed by atoms with van der Waals surface area (Å²) in [6, 6.07) is 31.1. The molecule has 68 heavy (non-hydrogen) atoms. The third-order valence-electron chi connectivity index (χ3n) is 9.96. The average Bonchev–Trinajstić information content (AvgIpc) is 3.25. The maximum atomic E-state index is 13.2. The van der Waals surface area contributed by atoms with Crippen LogP contribution in [0.25, 0.3) is 47.6 Å². The lowest BCUT2D eigenvalue weighted by Crippen LogP contribution is -2.11. The van der Waals surface area contributed by atoms with Gasteiger partial charge in [0.2, 0.25) is 0 Å². The number of hydrogen-bond acceptors (Lipinski definition) is 2. The molecule has 0 bridgehead atoms. The Morgan fingerprint density at radius 3 is 0.809 bits per heavy atom. The summed E-state index contributed by atoms with van der Waals surface area (Å²) in [5.74, 6) is 0. The minimum absolute atomic E-state index is 0.0894. The molecule has 6 aromatic carbocycles. The van der Waals surface area contributed by atoms with E-state index in [1.165, 1.54) is 80.9 Å². The second-order valence-electron chi connectivity index (χ2n) is 15.8. The zero-order valence-electron chi connectivity index (χ0n) is 36.4. The van der Waals surface area contributed by atoms with Crippen LogP contribution in [0.5, 0.6) is 0 Å². The number of aryl methyl sites for hydroxylation is 4. The van der Waals surface area contributed by atoms with Crippen molar-refractivity contribution < 1.29 is 52.7 Å². The van der Waals surface area contributed by atoms with Gasteiger partial charge in [-0.1, -0.05) is 131 Å². The second-order valence-corrected chi connectivity index (χ2v) is 15.8. The topological polar surface area (TPSA) is 47.6 Å². The summed E-state index contributed by atoms with van der Waals surface area (Å²) in [7, 11) is 0. The number of rotatable bonds is 8. The third kappa shape index (κ3) is 14.7. The van der Waals surface area contributed by atoms with Gasteiger partial charge in [0.1, 0.15) is 0 Å². The molecule has 0 atom stereocenters. The van der Waals surface area contributed by atoms with Gasteiger partial charge in [-0.3, -0.25) is 0 Å². The molecule has 2 nitrogen and oxygen atoms in total. The Bertz CT molecular complexity index is 2670. The van der Waals surface area contributed by atoms with Crippen molar-refractivity contribution in [1.29, 1.82) is 10.5 Å². The number of benzene rings is 6.